The highest BCUT2D eigenvalue weighted by Crippen LogP contribution is 2.16. The highest BCUT2D eigenvalue weighted by atomic mass is 32.2. The Morgan fingerprint density at radius 1 is 1.13 bits per heavy atom. The fourth-order valence-corrected chi connectivity index (χ4v) is 4.58. The van der Waals surface area contributed by atoms with Gasteiger partial charge in [-0.15, -0.1) is 11.3 Å². The molecule has 0 aliphatic rings. The van der Waals surface area contributed by atoms with E-state index in [-0.39, 0.29) is 21.4 Å². The first-order valence-electron chi connectivity index (χ1n) is 8.76. The first-order chi connectivity index (χ1) is 14.9. The van der Waals surface area contributed by atoms with Crippen LogP contribution in [0.5, 0.6) is 0 Å². The largest absolute Gasteiger partial charge is 0.388 e. The van der Waals surface area contributed by atoms with E-state index in [4.69, 9.17) is 0 Å². The molecule has 0 aliphatic carbocycles. The van der Waals surface area contributed by atoms with Gasteiger partial charge in [0.05, 0.1) is 23.3 Å². The Balaban J connectivity index is 1.52. The number of carbonyl (C=O) groups is 1. The van der Waals surface area contributed by atoms with Crippen molar-refractivity contribution >= 4 is 49.8 Å². The Morgan fingerprint density at radius 2 is 1.97 bits per heavy atom. The Morgan fingerprint density at radius 3 is 2.65 bits per heavy atom. The van der Waals surface area contributed by atoms with E-state index in [9.17, 15) is 18.0 Å². The second-order valence-corrected chi connectivity index (χ2v) is 9.01. The molecule has 0 spiro atoms. The van der Waals surface area contributed by atoms with Crippen LogP contribution in [0.2, 0.25) is 0 Å². The number of carbonyl (C=O) groups excluding carboxylic acids is 1. The number of hydrogen-bond acceptors (Lipinski definition) is 9. The summed E-state index contributed by atoms with van der Waals surface area (Å²) in [4.78, 5) is 37.1. The third-order valence-corrected chi connectivity index (χ3v) is 6.89. The lowest BCUT2D eigenvalue weighted by Crippen LogP contribution is -2.34. The van der Waals surface area contributed by atoms with Crippen molar-refractivity contribution in [1.82, 2.24) is 24.2 Å². The minimum atomic E-state index is -3.97. The van der Waals surface area contributed by atoms with Crippen molar-refractivity contribution in [2.24, 2.45) is 0 Å². The second kappa shape index (κ2) is 8.12. The molecule has 2 amide bonds. The molecule has 0 bridgehead atoms. The molecule has 3 N–H and O–H groups in total. The van der Waals surface area contributed by atoms with Gasteiger partial charge >= 0.3 is 6.03 Å². The average molecular weight is 457 g/mol. The van der Waals surface area contributed by atoms with E-state index >= 15 is 0 Å². The molecule has 11 nitrogen and oxygen atoms in total. The van der Waals surface area contributed by atoms with E-state index < -0.39 is 16.1 Å². The first-order valence-corrected chi connectivity index (χ1v) is 11.1. The maximum atomic E-state index is 12.7. The Kier molecular flexibility index (Phi) is 5.35. The number of benzene rings is 1. The average Bonchev–Trinajstić information content (AvgIpc) is 3.30. The number of anilines is 2. The van der Waals surface area contributed by atoms with Crippen LogP contribution in [0.1, 0.15) is 0 Å². The SMILES string of the molecule is CNc1ccc2c(=O)n(-c3cnc(NC(=O)NS(=O)(=O)c4cccs4)cn3)cnc2c1. The smallest absolute Gasteiger partial charge is 0.334 e. The summed E-state index contributed by atoms with van der Waals surface area (Å²) in [6.07, 6.45) is 3.80. The van der Waals surface area contributed by atoms with Crippen LogP contribution in [0.15, 0.2) is 63.4 Å². The van der Waals surface area contributed by atoms with Crippen molar-refractivity contribution in [1.29, 1.82) is 0 Å². The monoisotopic (exact) mass is 457 g/mol. The van der Waals surface area contributed by atoms with Crippen molar-refractivity contribution < 1.29 is 13.2 Å². The zero-order chi connectivity index (χ0) is 22.0. The Bertz CT molecular complexity index is 1420. The zero-order valence-electron chi connectivity index (χ0n) is 15.9. The summed E-state index contributed by atoms with van der Waals surface area (Å²) in [7, 11) is -2.20. The van der Waals surface area contributed by atoms with Crippen LogP contribution in [0, 0.1) is 0 Å². The number of nitrogens with zero attached hydrogens (tertiary/aromatic N) is 4. The van der Waals surface area contributed by atoms with Crippen molar-refractivity contribution in [3.63, 3.8) is 0 Å². The van der Waals surface area contributed by atoms with Crippen LogP contribution in [0.3, 0.4) is 0 Å². The van der Waals surface area contributed by atoms with E-state index in [0.717, 1.165) is 17.0 Å². The number of fused-ring (bicyclic) bond motifs is 1. The van der Waals surface area contributed by atoms with Crippen LogP contribution < -0.4 is 20.9 Å². The lowest BCUT2D eigenvalue weighted by Gasteiger charge is -2.09. The van der Waals surface area contributed by atoms with Gasteiger partial charge in [0.2, 0.25) is 0 Å². The summed E-state index contributed by atoms with van der Waals surface area (Å²) >= 11 is 0.982. The van der Waals surface area contributed by atoms with E-state index in [1.54, 1.807) is 36.7 Å². The van der Waals surface area contributed by atoms with E-state index in [1.807, 2.05) is 4.72 Å². The van der Waals surface area contributed by atoms with Crippen LogP contribution in [-0.4, -0.2) is 41.0 Å². The van der Waals surface area contributed by atoms with Crippen molar-refractivity contribution in [3.8, 4) is 5.82 Å². The first kappa shape index (κ1) is 20.4. The molecule has 0 unspecified atom stereocenters. The Labute approximate surface area is 179 Å². The van der Waals surface area contributed by atoms with Gasteiger partial charge in [0.25, 0.3) is 15.6 Å². The summed E-state index contributed by atoms with van der Waals surface area (Å²) in [5, 5.41) is 7.26. The number of rotatable bonds is 5. The van der Waals surface area contributed by atoms with Crippen LogP contribution in [0.4, 0.5) is 16.3 Å². The fourth-order valence-electron chi connectivity index (χ4n) is 2.68. The molecule has 13 heteroatoms. The Hall–Kier alpha value is -3.84. The molecule has 31 heavy (non-hydrogen) atoms. The number of thiophene rings is 1. The van der Waals surface area contributed by atoms with Crippen LogP contribution in [-0.2, 0) is 10.0 Å². The normalized spacial score (nSPS) is 11.3. The minimum Gasteiger partial charge on any atom is -0.388 e. The molecule has 3 aromatic heterocycles. The topological polar surface area (TPSA) is 148 Å². The molecule has 158 valence electrons. The fraction of sp³-hybridized carbons (Fsp3) is 0.0556. The molecule has 0 saturated carbocycles. The molecule has 4 rings (SSSR count). The number of amides is 2. The van der Waals surface area contributed by atoms with Crippen LogP contribution in [0.25, 0.3) is 16.7 Å². The van der Waals surface area contributed by atoms with Crippen molar-refractivity contribution in [2.45, 2.75) is 4.21 Å². The van der Waals surface area contributed by atoms with Gasteiger partial charge < -0.3 is 5.32 Å². The number of sulfonamides is 1. The third-order valence-electron chi connectivity index (χ3n) is 4.16. The second-order valence-electron chi connectivity index (χ2n) is 6.15. The highest BCUT2D eigenvalue weighted by molar-refractivity contribution is 7.92. The number of nitrogens with one attached hydrogen (secondary N) is 3. The van der Waals surface area contributed by atoms with E-state index in [1.165, 1.54) is 29.4 Å². The summed E-state index contributed by atoms with van der Waals surface area (Å²) in [6.45, 7) is 0. The molecule has 0 atom stereocenters. The van der Waals surface area contributed by atoms with Gasteiger partial charge in [0.1, 0.15) is 10.5 Å². The minimum absolute atomic E-state index is 0.00286. The van der Waals surface area contributed by atoms with Crippen molar-refractivity contribution in [2.75, 3.05) is 17.7 Å². The molecule has 0 aliphatic heterocycles. The van der Waals surface area contributed by atoms with Gasteiger partial charge in [0.15, 0.2) is 11.6 Å². The molecule has 4 aromatic rings. The molecule has 1 aromatic carbocycles. The lowest BCUT2D eigenvalue weighted by molar-refractivity contribution is 0.256. The predicted octanol–water partition coefficient (Wildman–Crippen LogP) is 1.79. The molecule has 0 fully saturated rings. The number of urea groups is 1. The lowest BCUT2D eigenvalue weighted by atomic mass is 10.2. The van der Waals surface area contributed by atoms with Gasteiger partial charge in [-0.1, -0.05) is 6.07 Å². The molecule has 0 saturated heterocycles. The molecule has 3 heterocycles. The molecular weight excluding hydrogens is 442 g/mol. The highest BCUT2D eigenvalue weighted by Gasteiger charge is 2.19. The van der Waals surface area contributed by atoms with Gasteiger partial charge in [-0.25, -0.2) is 37.5 Å². The maximum absolute atomic E-state index is 12.7. The quantitative estimate of drug-likeness (QED) is 0.411. The molecule has 0 radical (unpaired) electrons. The van der Waals surface area contributed by atoms with Gasteiger partial charge in [-0.3, -0.25) is 10.1 Å². The molecular formula is C18H15N7O4S2. The van der Waals surface area contributed by atoms with Gasteiger partial charge in [0, 0.05) is 12.7 Å². The van der Waals surface area contributed by atoms with Crippen LogP contribution >= 0.6 is 11.3 Å². The summed E-state index contributed by atoms with van der Waals surface area (Å²) in [6, 6.07) is 7.13. The third kappa shape index (κ3) is 4.22. The number of hydrogen-bond donors (Lipinski definition) is 3. The van der Waals surface area contributed by atoms with Crippen molar-refractivity contribution in [3.05, 3.63) is 64.8 Å². The summed E-state index contributed by atoms with van der Waals surface area (Å²) < 4.78 is 27.3. The van der Waals surface area contributed by atoms with Gasteiger partial charge in [-0.05, 0) is 29.6 Å². The number of aromatic nitrogens is 4. The summed E-state index contributed by atoms with van der Waals surface area (Å²) in [5.41, 5.74) is 1.03. The van der Waals surface area contributed by atoms with E-state index in [0.29, 0.717) is 10.9 Å². The predicted molar refractivity (Wildman–Crippen MR) is 116 cm³/mol. The maximum Gasteiger partial charge on any atom is 0.334 e. The van der Waals surface area contributed by atoms with E-state index in [2.05, 4.69) is 25.6 Å². The summed E-state index contributed by atoms with van der Waals surface area (Å²) in [5.74, 6) is 0.192. The standard InChI is InChI=1S/C18H15N7O4S2/c1-19-11-4-5-12-13(7-11)22-10-25(17(12)26)15-9-20-14(8-21-15)23-18(27)24-31(28,29)16-3-2-6-30-16/h2-10,19H,1H3,(H2,20,23,24,27). The zero-order valence-corrected chi connectivity index (χ0v) is 17.6. The van der Waals surface area contributed by atoms with Gasteiger partial charge in [-0.2, -0.15) is 0 Å².